The van der Waals surface area contributed by atoms with Crippen LogP contribution in [-0.4, -0.2) is 28.6 Å². The number of hydrogen-bond acceptors (Lipinski definition) is 6. The van der Waals surface area contributed by atoms with Gasteiger partial charge in [0.05, 0.1) is 7.11 Å². The molecule has 20 heavy (non-hydrogen) atoms. The molecule has 5 nitrogen and oxygen atoms in total. The van der Waals surface area contributed by atoms with Gasteiger partial charge in [-0.3, -0.25) is 0 Å². The van der Waals surface area contributed by atoms with Crippen molar-refractivity contribution < 1.29 is 9.13 Å². The van der Waals surface area contributed by atoms with Crippen LogP contribution in [0.5, 0.6) is 6.01 Å². The SMILES string of the molecule is CCCNc1nc(OC)nc(Sc2cccc(F)c2)n1. The minimum Gasteiger partial charge on any atom is -0.467 e. The van der Waals surface area contributed by atoms with E-state index in [9.17, 15) is 4.39 Å². The van der Waals surface area contributed by atoms with Crippen molar-refractivity contribution in [3.63, 3.8) is 0 Å². The Morgan fingerprint density at radius 3 is 2.85 bits per heavy atom. The molecule has 2 aromatic rings. The van der Waals surface area contributed by atoms with Crippen LogP contribution in [0.4, 0.5) is 10.3 Å². The maximum atomic E-state index is 13.2. The van der Waals surface area contributed by atoms with Crippen LogP contribution in [-0.2, 0) is 0 Å². The van der Waals surface area contributed by atoms with Gasteiger partial charge >= 0.3 is 6.01 Å². The average molecular weight is 294 g/mol. The first-order valence-corrected chi connectivity index (χ1v) is 7.00. The summed E-state index contributed by atoms with van der Waals surface area (Å²) in [6, 6.07) is 6.50. The lowest BCUT2D eigenvalue weighted by Gasteiger charge is -2.07. The second-order valence-corrected chi connectivity index (χ2v) is 4.96. The van der Waals surface area contributed by atoms with Crippen molar-refractivity contribution in [3.05, 3.63) is 30.1 Å². The number of anilines is 1. The minimum atomic E-state index is -0.291. The van der Waals surface area contributed by atoms with Gasteiger partial charge in [-0.15, -0.1) is 0 Å². The smallest absolute Gasteiger partial charge is 0.321 e. The molecule has 0 unspecified atom stereocenters. The highest BCUT2D eigenvalue weighted by atomic mass is 32.2. The molecule has 0 saturated carbocycles. The first-order chi connectivity index (χ1) is 9.71. The molecule has 0 spiro atoms. The van der Waals surface area contributed by atoms with Crippen LogP contribution in [0, 0.1) is 5.82 Å². The molecule has 0 aliphatic rings. The standard InChI is InChI=1S/C13H15FN4OS/c1-3-7-15-11-16-12(19-2)18-13(17-11)20-10-6-4-5-9(14)8-10/h4-6,8H,3,7H2,1-2H3,(H,15,16,17,18). The number of hydrogen-bond donors (Lipinski definition) is 1. The van der Waals surface area contributed by atoms with Gasteiger partial charge in [0.2, 0.25) is 11.1 Å². The van der Waals surface area contributed by atoms with Crippen molar-refractivity contribution in [2.45, 2.75) is 23.4 Å². The quantitative estimate of drug-likeness (QED) is 0.884. The Balaban J connectivity index is 2.21. The highest BCUT2D eigenvalue weighted by molar-refractivity contribution is 7.99. The zero-order valence-electron chi connectivity index (χ0n) is 11.3. The van der Waals surface area contributed by atoms with Gasteiger partial charge in [-0.2, -0.15) is 15.0 Å². The lowest BCUT2D eigenvalue weighted by atomic mass is 10.4. The highest BCUT2D eigenvalue weighted by Crippen LogP contribution is 2.26. The van der Waals surface area contributed by atoms with Crippen LogP contribution in [0.25, 0.3) is 0 Å². The number of nitrogens with one attached hydrogen (secondary N) is 1. The molecule has 0 atom stereocenters. The molecule has 0 bridgehead atoms. The summed E-state index contributed by atoms with van der Waals surface area (Å²) in [5, 5.41) is 3.54. The normalized spacial score (nSPS) is 10.3. The van der Waals surface area contributed by atoms with E-state index in [0.717, 1.165) is 17.9 Å². The Kier molecular flexibility index (Phi) is 5.11. The van der Waals surface area contributed by atoms with Crippen LogP contribution >= 0.6 is 11.8 Å². The maximum absolute atomic E-state index is 13.2. The zero-order chi connectivity index (χ0) is 14.4. The number of aromatic nitrogens is 3. The lowest BCUT2D eigenvalue weighted by molar-refractivity contribution is 0.373. The molecular weight excluding hydrogens is 279 g/mol. The minimum absolute atomic E-state index is 0.234. The largest absolute Gasteiger partial charge is 0.467 e. The van der Waals surface area contributed by atoms with E-state index in [4.69, 9.17) is 4.74 Å². The third-order valence-corrected chi connectivity index (χ3v) is 3.17. The molecule has 0 aliphatic carbocycles. The van der Waals surface area contributed by atoms with Gasteiger partial charge < -0.3 is 10.1 Å². The molecule has 2 rings (SSSR count). The molecule has 1 heterocycles. The number of benzene rings is 1. The summed E-state index contributed by atoms with van der Waals surface area (Å²) in [6.45, 7) is 2.81. The molecule has 106 valence electrons. The summed E-state index contributed by atoms with van der Waals surface area (Å²) < 4.78 is 18.2. The van der Waals surface area contributed by atoms with E-state index in [-0.39, 0.29) is 11.8 Å². The number of nitrogens with zero attached hydrogens (tertiary/aromatic N) is 3. The Morgan fingerprint density at radius 1 is 1.30 bits per heavy atom. The van der Waals surface area contributed by atoms with Gasteiger partial charge in [-0.25, -0.2) is 4.39 Å². The monoisotopic (exact) mass is 294 g/mol. The second kappa shape index (κ2) is 7.04. The first-order valence-electron chi connectivity index (χ1n) is 6.18. The topological polar surface area (TPSA) is 59.9 Å². The molecule has 0 aliphatic heterocycles. The van der Waals surface area contributed by atoms with Crippen molar-refractivity contribution in [1.82, 2.24) is 15.0 Å². The Labute approximate surface area is 121 Å². The predicted molar refractivity (Wildman–Crippen MR) is 75.7 cm³/mol. The van der Waals surface area contributed by atoms with Gasteiger partial charge in [0.1, 0.15) is 5.82 Å². The Bertz CT molecular complexity index is 582. The molecule has 1 N–H and O–H groups in total. The number of rotatable bonds is 6. The van der Waals surface area contributed by atoms with E-state index in [1.807, 2.05) is 6.92 Å². The molecule has 0 amide bonds. The highest BCUT2D eigenvalue weighted by Gasteiger charge is 2.08. The molecule has 0 saturated heterocycles. The average Bonchev–Trinajstić information content (AvgIpc) is 2.45. The predicted octanol–water partition coefficient (Wildman–Crippen LogP) is 2.99. The van der Waals surface area contributed by atoms with Gasteiger partial charge in [0.15, 0.2) is 0 Å². The van der Waals surface area contributed by atoms with Gasteiger partial charge in [-0.05, 0) is 36.4 Å². The lowest BCUT2D eigenvalue weighted by Crippen LogP contribution is -2.07. The molecule has 1 aromatic heterocycles. The van der Waals surface area contributed by atoms with Crippen LogP contribution in [0.2, 0.25) is 0 Å². The summed E-state index contributed by atoms with van der Waals surface area (Å²) in [5.74, 6) is 0.165. The Hall–Kier alpha value is -1.89. The van der Waals surface area contributed by atoms with Crippen molar-refractivity contribution in [2.24, 2.45) is 0 Å². The fourth-order valence-electron chi connectivity index (χ4n) is 1.43. The first kappa shape index (κ1) is 14.5. The maximum Gasteiger partial charge on any atom is 0.321 e. The zero-order valence-corrected chi connectivity index (χ0v) is 12.1. The third kappa shape index (κ3) is 4.06. The van der Waals surface area contributed by atoms with Crippen LogP contribution in [0.15, 0.2) is 34.3 Å². The summed E-state index contributed by atoms with van der Waals surface area (Å²) in [4.78, 5) is 13.2. The van der Waals surface area contributed by atoms with Gasteiger partial charge in [0, 0.05) is 11.4 Å². The van der Waals surface area contributed by atoms with E-state index in [1.165, 1.54) is 31.0 Å². The fourth-order valence-corrected chi connectivity index (χ4v) is 2.21. The van der Waals surface area contributed by atoms with Crippen molar-refractivity contribution in [2.75, 3.05) is 19.0 Å². The van der Waals surface area contributed by atoms with Crippen LogP contribution in [0.1, 0.15) is 13.3 Å². The summed E-state index contributed by atoms with van der Waals surface area (Å²) >= 11 is 1.26. The van der Waals surface area contributed by atoms with E-state index in [1.54, 1.807) is 12.1 Å². The van der Waals surface area contributed by atoms with E-state index >= 15 is 0 Å². The van der Waals surface area contributed by atoms with Gasteiger partial charge in [0.25, 0.3) is 0 Å². The van der Waals surface area contributed by atoms with E-state index < -0.39 is 0 Å². The van der Waals surface area contributed by atoms with E-state index in [2.05, 4.69) is 20.3 Å². The summed E-state index contributed by atoms with van der Waals surface area (Å²) in [6.07, 6.45) is 0.959. The van der Waals surface area contributed by atoms with Crippen LogP contribution < -0.4 is 10.1 Å². The van der Waals surface area contributed by atoms with Crippen LogP contribution in [0.3, 0.4) is 0 Å². The van der Waals surface area contributed by atoms with Crippen molar-refractivity contribution >= 4 is 17.7 Å². The van der Waals surface area contributed by atoms with Crippen molar-refractivity contribution in [3.8, 4) is 6.01 Å². The molecular formula is C13H15FN4OS. The second-order valence-electron chi connectivity index (χ2n) is 3.91. The number of ether oxygens (including phenoxy) is 1. The third-order valence-electron chi connectivity index (χ3n) is 2.32. The summed E-state index contributed by atoms with van der Waals surface area (Å²) in [5.41, 5.74) is 0. The molecule has 0 fully saturated rings. The summed E-state index contributed by atoms with van der Waals surface area (Å²) in [7, 11) is 1.50. The van der Waals surface area contributed by atoms with Crippen molar-refractivity contribution in [1.29, 1.82) is 0 Å². The van der Waals surface area contributed by atoms with E-state index in [0.29, 0.717) is 11.1 Å². The number of methoxy groups -OCH3 is 1. The number of halogens is 1. The molecule has 1 aromatic carbocycles. The Morgan fingerprint density at radius 2 is 2.15 bits per heavy atom. The van der Waals surface area contributed by atoms with Gasteiger partial charge in [-0.1, -0.05) is 13.0 Å². The molecule has 0 radical (unpaired) electrons. The fraction of sp³-hybridized carbons (Fsp3) is 0.308. The molecule has 7 heteroatoms.